The molecule has 1 amide bonds. The number of benzene rings is 1. The number of nitrogens with zero attached hydrogens (tertiary/aromatic N) is 1. The lowest BCUT2D eigenvalue weighted by molar-refractivity contribution is 0.0170. The van der Waals surface area contributed by atoms with Crippen LogP contribution in [0.5, 0.6) is 0 Å². The van der Waals surface area contributed by atoms with Crippen molar-refractivity contribution in [2.24, 2.45) is 7.05 Å². The summed E-state index contributed by atoms with van der Waals surface area (Å²) in [5, 5.41) is 14.8. The molecule has 1 aromatic carbocycles. The first-order chi connectivity index (χ1) is 14.3. The summed E-state index contributed by atoms with van der Waals surface area (Å²) in [5.74, 6) is -0.225. The molecule has 162 valence electrons. The van der Waals surface area contributed by atoms with E-state index in [2.05, 4.69) is 10.8 Å². The number of aliphatic hydroxyl groups is 1. The smallest absolute Gasteiger partial charge is 0.280 e. The summed E-state index contributed by atoms with van der Waals surface area (Å²) >= 11 is 7.64. The van der Waals surface area contributed by atoms with Gasteiger partial charge in [-0.05, 0) is 42.5 Å². The average Bonchev–Trinajstić information content (AvgIpc) is 3.10. The van der Waals surface area contributed by atoms with Crippen LogP contribution in [0.2, 0.25) is 5.02 Å². The molecule has 0 aliphatic heterocycles. The van der Waals surface area contributed by atoms with Gasteiger partial charge in [0.15, 0.2) is 0 Å². The molecule has 0 aliphatic rings. The lowest BCUT2D eigenvalue weighted by Crippen LogP contribution is -2.29. The number of halogens is 1. The number of aromatic nitrogens is 1. The number of hydrogen-bond donors (Lipinski definition) is 3. The molecule has 30 heavy (non-hydrogen) atoms. The molecule has 0 aliphatic carbocycles. The molecule has 7 nitrogen and oxygen atoms in total. The third kappa shape index (κ3) is 4.84. The number of aliphatic hydroxyl groups excluding tert-OH is 1. The van der Waals surface area contributed by atoms with Gasteiger partial charge in [-0.1, -0.05) is 31.5 Å². The largest absolute Gasteiger partial charge is 0.394 e. The molecular weight excluding hydrogens is 426 g/mol. The van der Waals surface area contributed by atoms with Crippen LogP contribution in [0.3, 0.4) is 0 Å². The molecule has 2 aromatic heterocycles. The predicted octanol–water partition coefficient (Wildman–Crippen LogP) is 4.29. The predicted molar refractivity (Wildman–Crippen MR) is 123 cm³/mol. The molecule has 0 saturated heterocycles. The lowest BCUT2D eigenvalue weighted by Gasteiger charge is -2.18. The number of rotatable bonds is 6. The highest BCUT2D eigenvalue weighted by atomic mass is 35.5. The highest BCUT2D eigenvalue weighted by Gasteiger charge is 2.24. The topological polar surface area (TPSA) is 92.6 Å². The molecule has 3 rings (SSSR count). The van der Waals surface area contributed by atoms with Crippen LogP contribution in [0.15, 0.2) is 28.4 Å². The van der Waals surface area contributed by atoms with E-state index in [4.69, 9.17) is 21.5 Å². The van der Waals surface area contributed by atoms with Crippen LogP contribution >= 0.6 is 22.9 Å². The summed E-state index contributed by atoms with van der Waals surface area (Å²) in [4.78, 5) is 30.7. The Morgan fingerprint density at radius 2 is 2.00 bits per heavy atom. The van der Waals surface area contributed by atoms with Crippen molar-refractivity contribution in [3.63, 3.8) is 0 Å². The highest BCUT2D eigenvalue weighted by Crippen LogP contribution is 2.33. The maximum Gasteiger partial charge on any atom is 0.280 e. The number of anilines is 2. The van der Waals surface area contributed by atoms with E-state index in [1.807, 2.05) is 39.1 Å². The normalized spacial score (nSPS) is 10.5. The number of carbonyl (C=O) groups is 1. The van der Waals surface area contributed by atoms with E-state index in [0.717, 1.165) is 11.1 Å². The number of hydroxylamine groups is 1. The van der Waals surface area contributed by atoms with E-state index in [1.165, 1.54) is 15.9 Å². The zero-order chi connectivity index (χ0) is 22.4. The average molecular weight is 452 g/mol. The van der Waals surface area contributed by atoms with Crippen LogP contribution in [0, 0.1) is 13.8 Å². The third-order valence-electron chi connectivity index (χ3n) is 4.26. The second kappa shape index (κ2) is 10.6. The zero-order valence-electron chi connectivity index (χ0n) is 17.6. The summed E-state index contributed by atoms with van der Waals surface area (Å²) in [6.07, 6.45) is 0. The Hall–Kier alpha value is -2.39. The fourth-order valence-electron chi connectivity index (χ4n) is 2.86. The minimum atomic E-state index is -0.526. The standard InChI is InChI=1S/C19H20ClN3O4S.C2H6/c1-10-4-5-13(12(20)8-10)21-17-15(18(25)22-27-7-6-24)16-14(11(2)9-28-16)19(26)23(17)3;1-2/h4-5,8-9,21,24H,6-7H2,1-3H3,(H,22,25);1-2H3. The van der Waals surface area contributed by atoms with E-state index < -0.39 is 5.91 Å². The van der Waals surface area contributed by atoms with Crippen LogP contribution in [0.4, 0.5) is 11.5 Å². The second-order valence-electron chi connectivity index (χ2n) is 6.32. The molecule has 3 N–H and O–H groups in total. The monoisotopic (exact) mass is 451 g/mol. The number of nitrogens with one attached hydrogen (secondary N) is 2. The molecule has 0 spiro atoms. The van der Waals surface area contributed by atoms with Crippen LogP contribution in [0.25, 0.3) is 10.1 Å². The number of amides is 1. The van der Waals surface area contributed by atoms with Crippen LogP contribution < -0.4 is 16.4 Å². The fraction of sp³-hybridized carbons (Fsp3) is 0.333. The second-order valence-corrected chi connectivity index (χ2v) is 7.61. The van der Waals surface area contributed by atoms with Crippen molar-refractivity contribution in [1.82, 2.24) is 10.0 Å². The minimum absolute atomic E-state index is 0.0450. The number of hydrogen-bond acceptors (Lipinski definition) is 6. The van der Waals surface area contributed by atoms with Gasteiger partial charge in [-0.25, -0.2) is 5.48 Å². The number of fused-ring (bicyclic) bond motifs is 1. The fourth-order valence-corrected chi connectivity index (χ4v) is 4.23. The number of pyridine rings is 1. The maximum atomic E-state index is 12.9. The van der Waals surface area contributed by atoms with Crippen molar-refractivity contribution in [2.45, 2.75) is 27.7 Å². The van der Waals surface area contributed by atoms with Crippen LogP contribution in [-0.4, -0.2) is 28.8 Å². The summed E-state index contributed by atoms with van der Waals surface area (Å²) in [5.41, 5.74) is 4.73. The first-order valence-corrected chi connectivity index (χ1v) is 10.8. The summed E-state index contributed by atoms with van der Waals surface area (Å²) in [6, 6.07) is 5.46. The molecular formula is C21H26ClN3O4S. The minimum Gasteiger partial charge on any atom is -0.394 e. The van der Waals surface area contributed by atoms with E-state index in [1.54, 1.807) is 19.2 Å². The zero-order valence-corrected chi connectivity index (χ0v) is 19.2. The van der Waals surface area contributed by atoms with Crippen LogP contribution in [-0.2, 0) is 11.9 Å². The quantitative estimate of drug-likeness (QED) is 0.384. The molecule has 0 unspecified atom stereocenters. The van der Waals surface area contributed by atoms with Gasteiger partial charge >= 0.3 is 0 Å². The molecule has 2 heterocycles. The molecule has 0 bridgehead atoms. The Labute approximate surface area is 184 Å². The van der Waals surface area contributed by atoms with E-state index >= 15 is 0 Å². The Morgan fingerprint density at radius 1 is 1.30 bits per heavy atom. The SMILES string of the molecule is CC.Cc1ccc(Nc2c(C(=O)NOCCO)c3scc(C)c3c(=O)n2C)c(Cl)c1. The first-order valence-electron chi connectivity index (χ1n) is 9.52. The van der Waals surface area contributed by atoms with Crippen molar-refractivity contribution < 1.29 is 14.7 Å². The van der Waals surface area contributed by atoms with Crippen molar-refractivity contribution in [2.75, 3.05) is 18.5 Å². The van der Waals surface area contributed by atoms with E-state index in [-0.39, 0.29) is 24.3 Å². The van der Waals surface area contributed by atoms with Gasteiger partial charge in [0, 0.05) is 7.05 Å². The van der Waals surface area contributed by atoms with Gasteiger partial charge in [-0.3, -0.25) is 19.0 Å². The molecule has 9 heteroatoms. The summed E-state index contributed by atoms with van der Waals surface area (Å²) in [6.45, 7) is 7.47. The van der Waals surface area contributed by atoms with Crippen molar-refractivity contribution in [1.29, 1.82) is 0 Å². The molecule has 0 radical (unpaired) electrons. The molecule has 0 fully saturated rings. The molecule has 0 atom stereocenters. The molecule has 3 aromatic rings. The van der Waals surface area contributed by atoms with Gasteiger partial charge < -0.3 is 10.4 Å². The summed E-state index contributed by atoms with van der Waals surface area (Å²) < 4.78 is 1.94. The van der Waals surface area contributed by atoms with Crippen LogP contribution in [0.1, 0.15) is 35.3 Å². The first kappa shape index (κ1) is 23.9. The Morgan fingerprint density at radius 3 is 2.63 bits per heavy atom. The summed E-state index contributed by atoms with van der Waals surface area (Å²) in [7, 11) is 1.59. The maximum absolute atomic E-state index is 12.9. The Kier molecular flexibility index (Phi) is 8.43. The highest BCUT2D eigenvalue weighted by molar-refractivity contribution is 7.17. The Balaban J connectivity index is 0.00000155. The third-order valence-corrected chi connectivity index (χ3v) is 5.68. The number of aryl methyl sites for hydroxylation is 2. The van der Waals surface area contributed by atoms with E-state index in [9.17, 15) is 9.59 Å². The van der Waals surface area contributed by atoms with Gasteiger partial charge in [0.05, 0.1) is 34.0 Å². The van der Waals surface area contributed by atoms with Crippen molar-refractivity contribution >= 4 is 50.4 Å². The van der Waals surface area contributed by atoms with E-state index in [0.29, 0.717) is 26.6 Å². The van der Waals surface area contributed by atoms with Gasteiger partial charge in [0.1, 0.15) is 11.4 Å². The Bertz CT molecular complexity index is 1110. The lowest BCUT2D eigenvalue weighted by atomic mass is 10.1. The van der Waals surface area contributed by atoms with Crippen molar-refractivity contribution in [3.8, 4) is 0 Å². The van der Waals surface area contributed by atoms with Gasteiger partial charge in [-0.2, -0.15) is 0 Å². The van der Waals surface area contributed by atoms with Gasteiger partial charge in [-0.15, -0.1) is 11.3 Å². The van der Waals surface area contributed by atoms with Gasteiger partial charge in [0.2, 0.25) is 0 Å². The van der Waals surface area contributed by atoms with Crippen molar-refractivity contribution in [3.05, 3.63) is 55.6 Å². The van der Waals surface area contributed by atoms with Gasteiger partial charge in [0.25, 0.3) is 11.5 Å². The number of thiophene rings is 1. The number of carbonyl (C=O) groups excluding carboxylic acids is 1. The molecule has 0 saturated carbocycles.